The van der Waals surface area contributed by atoms with Crippen molar-refractivity contribution in [2.45, 2.75) is 26.5 Å². The lowest BCUT2D eigenvalue weighted by molar-refractivity contribution is -0.148. The van der Waals surface area contributed by atoms with E-state index in [9.17, 15) is 9.59 Å². The van der Waals surface area contributed by atoms with Gasteiger partial charge in [0.15, 0.2) is 6.10 Å². The average Bonchev–Trinajstić information content (AvgIpc) is 3.22. The molecule has 1 amide bonds. The van der Waals surface area contributed by atoms with Crippen molar-refractivity contribution >= 4 is 23.6 Å². The Balaban J connectivity index is 1.52. The second-order valence-electron chi connectivity index (χ2n) is 6.66. The highest BCUT2D eigenvalue weighted by atomic mass is 16.5. The number of esters is 1. The molecule has 0 saturated carbocycles. The molecular formula is C23H24N4O4. The molecule has 1 N–H and O–H groups in total. The number of nitrogens with one attached hydrogen (secondary N) is 1. The summed E-state index contributed by atoms with van der Waals surface area (Å²) in [5.74, 6) is -0.559. The molecule has 0 aliphatic carbocycles. The van der Waals surface area contributed by atoms with Crippen molar-refractivity contribution in [1.29, 1.82) is 0 Å². The summed E-state index contributed by atoms with van der Waals surface area (Å²) in [7, 11) is 0. The van der Waals surface area contributed by atoms with Gasteiger partial charge in [0.2, 0.25) is 0 Å². The predicted molar refractivity (Wildman–Crippen MR) is 116 cm³/mol. The Morgan fingerprint density at radius 3 is 2.65 bits per heavy atom. The van der Waals surface area contributed by atoms with Crippen LogP contribution in [0.25, 0.3) is 6.08 Å². The molecule has 0 unspecified atom stereocenters. The molecule has 0 aliphatic heterocycles. The normalized spacial score (nSPS) is 11.8. The second kappa shape index (κ2) is 10.7. The van der Waals surface area contributed by atoms with E-state index in [1.165, 1.54) is 19.1 Å². The molecule has 0 bridgehead atoms. The van der Waals surface area contributed by atoms with E-state index in [-0.39, 0.29) is 0 Å². The Bertz CT molecular complexity index is 1050. The Kier molecular flexibility index (Phi) is 7.53. The molecule has 1 aromatic heterocycles. The second-order valence-corrected chi connectivity index (χ2v) is 6.66. The maximum atomic E-state index is 12.4. The number of hydrogen-bond donors (Lipinski definition) is 1. The molecule has 0 aliphatic rings. The zero-order valence-electron chi connectivity index (χ0n) is 17.4. The van der Waals surface area contributed by atoms with E-state index in [0.29, 0.717) is 30.3 Å². The SMILES string of the molecule is CCOc1ccccc1NC(=O)[C@H](C)OC(=O)/C=C/c1cn(Cc2ccccc2)nn1. The third kappa shape index (κ3) is 6.53. The fourth-order valence-electron chi connectivity index (χ4n) is 2.74. The van der Waals surface area contributed by atoms with Gasteiger partial charge in [0.05, 0.1) is 25.0 Å². The van der Waals surface area contributed by atoms with Gasteiger partial charge >= 0.3 is 5.97 Å². The van der Waals surface area contributed by atoms with Crippen LogP contribution in [0.5, 0.6) is 5.75 Å². The summed E-state index contributed by atoms with van der Waals surface area (Å²) in [6.07, 6.45) is 3.44. The molecule has 8 nitrogen and oxygen atoms in total. The molecule has 0 fully saturated rings. The van der Waals surface area contributed by atoms with Gasteiger partial charge < -0.3 is 14.8 Å². The van der Waals surface area contributed by atoms with Crippen LogP contribution in [0.1, 0.15) is 25.1 Å². The van der Waals surface area contributed by atoms with Crippen molar-refractivity contribution in [1.82, 2.24) is 15.0 Å². The van der Waals surface area contributed by atoms with Crippen LogP contribution >= 0.6 is 0 Å². The topological polar surface area (TPSA) is 95.3 Å². The maximum Gasteiger partial charge on any atom is 0.331 e. The zero-order chi connectivity index (χ0) is 22.1. The summed E-state index contributed by atoms with van der Waals surface area (Å²) in [4.78, 5) is 24.4. The van der Waals surface area contributed by atoms with Crippen LogP contribution in [0.2, 0.25) is 0 Å². The standard InChI is InChI=1S/C23H24N4O4/c1-3-30-21-12-8-7-11-20(21)24-23(29)17(2)31-22(28)14-13-19-16-27(26-25-19)15-18-9-5-4-6-10-18/h4-14,16-17H,3,15H2,1-2H3,(H,24,29)/b14-13+/t17-/m0/s1. The van der Waals surface area contributed by atoms with Crippen LogP contribution < -0.4 is 10.1 Å². The van der Waals surface area contributed by atoms with E-state index in [2.05, 4.69) is 15.6 Å². The third-order valence-corrected chi connectivity index (χ3v) is 4.24. The van der Waals surface area contributed by atoms with Crippen LogP contribution in [0.15, 0.2) is 66.9 Å². The molecule has 1 atom stereocenters. The molecule has 0 spiro atoms. The van der Waals surface area contributed by atoms with E-state index >= 15 is 0 Å². The number of para-hydroxylation sites is 2. The monoisotopic (exact) mass is 420 g/mol. The van der Waals surface area contributed by atoms with Crippen molar-refractivity contribution in [3.8, 4) is 5.75 Å². The summed E-state index contributed by atoms with van der Waals surface area (Å²) >= 11 is 0. The number of anilines is 1. The Morgan fingerprint density at radius 2 is 1.87 bits per heavy atom. The van der Waals surface area contributed by atoms with Gasteiger partial charge in [-0.25, -0.2) is 9.48 Å². The fraction of sp³-hybridized carbons (Fsp3) is 0.217. The zero-order valence-corrected chi connectivity index (χ0v) is 17.4. The molecule has 160 valence electrons. The average molecular weight is 420 g/mol. The molecule has 2 aromatic carbocycles. The number of ether oxygens (including phenoxy) is 2. The van der Waals surface area contributed by atoms with Gasteiger partial charge in [-0.2, -0.15) is 0 Å². The first kappa shape index (κ1) is 21.8. The van der Waals surface area contributed by atoms with E-state index in [1.807, 2.05) is 43.3 Å². The number of carbonyl (C=O) groups excluding carboxylic acids is 2. The van der Waals surface area contributed by atoms with Crippen LogP contribution in [-0.4, -0.2) is 39.6 Å². The van der Waals surface area contributed by atoms with Gasteiger partial charge in [-0.15, -0.1) is 5.10 Å². The highest BCUT2D eigenvalue weighted by Crippen LogP contribution is 2.23. The molecular weight excluding hydrogens is 396 g/mol. The van der Waals surface area contributed by atoms with E-state index in [1.54, 1.807) is 29.1 Å². The van der Waals surface area contributed by atoms with Crippen LogP contribution in [-0.2, 0) is 20.9 Å². The largest absolute Gasteiger partial charge is 0.492 e. The van der Waals surface area contributed by atoms with Crippen molar-refractivity contribution in [3.05, 3.63) is 78.1 Å². The summed E-state index contributed by atoms with van der Waals surface area (Å²) in [5, 5.41) is 10.8. The molecule has 3 aromatic rings. The van der Waals surface area contributed by atoms with Crippen molar-refractivity contribution in [3.63, 3.8) is 0 Å². The van der Waals surface area contributed by atoms with Crippen molar-refractivity contribution in [2.75, 3.05) is 11.9 Å². The van der Waals surface area contributed by atoms with Gasteiger partial charge in [0.25, 0.3) is 5.91 Å². The highest BCUT2D eigenvalue weighted by Gasteiger charge is 2.18. The van der Waals surface area contributed by atoms with Gasteiger partial charge in [-0.3, -0.25) is 4.79 Å². The number of nitrogens with zero attached hydrogens (tertiary/aromatic N) is 3. The quantitative estimate of drug-likeness (QED) is 0.422. The molecule has 31 heavy (non-hydrogen) atoms. The number of benzene rings is 2. The van der Waals surface area contributed by atoms with E-state index in [4.69, 9.17) is 9.47 Å². The number of amides is 1. The van der Waals surface area contributed by atoms with Crippen LogP contribution in [0, 0.1) is 0 Å². The number of hydrogen-bond acceptors (Lipinski definition) is 6. The summed E-state index contributed by atoms with van der Waals surface area (Å²) < 4.78 is 12.3. The molecule has 8 heteroatoms. The number of aromatic nitrogens is 3. The predicted octanol–water partition coefficient (Wildman–Crippen LogP) is 3.31. The Labute approximate surface area is 180 Å². The first-order valence-electron chi connectivity index (χ1n) is 9.90. The lowest BCUT2D eigenvalue weighted by Gasteiger charge is -2.14. The fourth-order valence-corrected chi connectivity index (χ4v) is 2.74. The van der Waals surface area contributed by atoms with Gasteiger partial charge in [0.1, 0.15) is 11.4 Å². The Morgan fingerprint density at radius 1 is 1.13 bits per heavy atom. The lowest BCUT2D eigenvalue weighted by Crippen LogP contribution is -2.29. The van der Waals surface area contributed by atoms with E-state index in [0.717, 1.165) is 5.56 Å². The van der Waals surface area contributed by atoms with Crippen LogP contribution in [0.4, 0.5) is 5.69 Å². The number of carbonyl (C=O) groups is 2. The molecule has 0 radical (unpaired) electrons. The Hall–Kier alpha value is -3.94. The van der Waals surface area contributed by atoms with Gasteiger partial charge in [-0.1, -0.05) is 47.7 Å². The minimum atomic E-state index is -0.986. The smallest absolute Gasteiger partial charge is 0.331 e. The molecule has 1 heterocycles. The van der Waals surface area contributed by atoms with Crippen molar-refractivity contribution < 1.29 is 19.1 Å². The maximum absolute atomic E-state index is 12.4. The molecule has 3 rings (SSSR count). The summed E-state index contributed by atoms with van der Waals surface area (Å²) in [6.45, 7) is 4.40. The lowest BCUT2D eigenvalue weighted by atomic mass is 10.2. The van der Waals surface area contributed by atoms with Crippen molar-refractivity contribution in [2.24, 2.45) is 0 Å². The van der Waals surface area contributed by atoms with Crippen LogP contribution in [0.3, 0.4) is 0 Å². The van der Waals surface area contributed by atoms with Gasteiger partial charge in [-0.05, 0) is 37.6 Å². The summed E-state index contributed by atoms with van der Waals surface area (Å²) in [5.41, 5.74) is 2.12. The van der Waals surface area contributed by atoms with Gasteiger partial charge in [0, 0.05) is 6.08 Å². The highest BCUT2D eigenvalue weighted by molar-refractivity contribution is 5.97. The minimum absolute atomic E-state index is 0.456. The first-order chi connectivity index (χ1) is 15.0. The van der Waals surface area contributed by atoms with E-state index < -0.39 is 18.0 Å². The first-order valence-corrected chi connectivity index (χ1v) is 9.90. The summed E-state index contributed by atoms with van der Waals surface area (Å²) in [6, 6.07) is 16.9. The molecule has 0 saturated heterocycles. The third-order valence-electron chi connectivity index (χ3n) is 4.24. The number of rotatable bonds is 9. The minimum Gasteiger partial charge on any atom is -0.492 e.